The van der Waals surface area contributed by atoms with Crippen molar-refractivity contribution in [2.24, 2.45) is 18.7 Å². The lowest BCUT2D eigenvalue weighted by Gasteiger charge is -2.07. The smallest absolute Gasteiger partial charge is 0.222 e. The number of nitrogens with two attached hydrogens (primary N) is 1. The molecule has 16 heavy (non-hydrogen) atoms. The summed E-state index contributed by atoms with van der Waals surface area (Å²) in [5.41, 5.74) is 7.27. The molecule has 1 fully saturated rings. The normalized spacial score (nSPS) is 15.1. The molecule has 0 radical (unpaired) electrons. The van der Waals surface area contributed by atoms with Crippen LogP contribution in [0.4, 0.5) is 0 Å². The third-order valence-electron chi connectivity index (χ3n) is 2.88. The standard InChI is InChI=1S/C11H17N3OS/c1-7-9(10(12)16)11(14(2)13-7)15-6-5-8-3-4-8/h8H,3-6H2,1-2H3,(H2,12,16). The fourth-order valence-corrected chi connectivity index (χ4v) is 2.05. The Morgan fingerprint density at radius 3 is 2.88 bits per heavy atom. The first-order valence-electron chi connectivity index (χ1n) is 5.55. The van der Waals surface area contributed by atoms with Crippen molar-refractivity contribution in [2.45, 2.75) is 26.2 Å². The van der Waals surface area contributed by atoms with E-state index in [0.717, 1.165) is 30.2 Å². The number of aryl methyl sites for hydroxylation is 2. The van der Waals surface area contributed by atoms with Crippen molar-refractivity contribution < 1.29 is 4.74 Å². The first-order chi connectivity index (χ1) is 7.59. The van der Waals surface area contributed by atoms with Crippen LogP contribution in [0.2, 0.25) is 0 Å². The van der Waals surface area contributed by atoms with Gasteiger partial charge in [0.2, 0.25) is 5.88 Å². The quantitative estimate of drug-likeness (QED) is 0.792. The third kappa shape index (κ3) is 2.35. The highest BCUT2D eigenvalue weighted by Gasteiger charge is 2.22. The second kappa shape index (κ2) is 4.41. The second-order valence-corrected chi connectivity index (χ2v) is 4.77. The van der Waals surface area contributed by atoms with Crippen LogP contribution in [0.3, 0.4) is 0 Å². The maximum absolute atomic E-state index is 5.73. The first-order valence-corrected chi connectivity index (χ1v) is 5.96. The number of hydrogen-bond donors (Lipinski definition) is 1. The highest BCUT2D eigenvalue weighted by molar-refractivity contribution is 7.80. The predicted octanol–water partition coefficient (Wildman–Crippen LogP) is 1.54. The Morgan fingerprint density at radius 2 is 2.31 bits per heavy atom. The molecule has 4 nitrogen and oxygen atoms in total. The zero-order valence-corrected chi connectivity index (χ0v) is 10.5. The van der Waals surface area contributed by atoms with Gasteiger partial charge >= 0.3 is 0 Å². The average Bonchev–Trinajstić information content (AvgIpc) is 2.94. The van der Waals surface area contributed by atoms with Crippen molar-refractivity contribution in [1.29, 1.82) is 0 Å². The van der Waals surface area contributed by atoms with Gasteiger partial charge in [0.25, 0.3) is 0 Å². The van der Waals surface area contributed by atoms with E-state index < -0.39 is 0 Å². The average molecular weight is 239 g/mol. The molecule has 1 saturated carbocycles. The van der Waals surface area contributed by atoms with Crippen LogP contribution in [0, 0.1) is 12.8 Å². The van der Waals surface area contributed by atoms with Gasteiger partial charge < -0.3 is 10.5 Å². The van der Waals surface area contributed by atoms with Gasteiger partial charge in [0.1, 0.15) is 4.99 Å². The molecule has 0 saturated heterocycles. The van der Waals surface area contributed by atoms with Gasteiger partial charge in [-0.1, -0.05) is 25.1 Å². The summed E-state index contributed by atoms with van der Waals surface area (Å²) in [6.07, 6.45) is 3.80. The summed E-state index contributed by atoms with van der Waals surface area (Å²) in [7, 11) is 1.85. The maximum Gasteiger partial charge on any atom is 0.222 e. The van der Waals surface area contributed by atoms with Gasteiger partial charge in [0.15, 0.2) is 0 Å². The molecule has 0 atom stereocenters. The lowest BCUT2D eigenvalue weighted by molar-refractivity contribution is 0.277. The van der Waals surface area contributed by atoms with Gasteiger partial charge in [0.05, 0.1) is 17.9 Å². The molecule has 0 spiro atoms. The Morgan fingerprint density at radius 1 is 1.62 bits per heavy atom. The molecule has 0 aromatic carbocycles. The molecular formula is C11H17N3OS. The molecule has 1 heterocycles. The van der Waals surface area contributed by atoms with Crippen LogP contribution in [-0.2, 0) is 7.05 Å². The molecule has 0 bridgehead atoms. The SMILES string of the molecule is Cc1nn(C)c(OCCC2CC2)c1C(N)=S. The number of hydrogen-bond acceptors (Lipinski definition) is 3. The molecule has 0 amide bonds. The Labute approximate surface area is 101 Å². The van der Waals surface area contributed by atoms with E-state index in [1.165, 1.54) is 12.8 Å². The Hall–Kier alpha value is -1.10. The van der Waals surface area contributed by atoms with Crippen LogP contribution in [0.5, 0.6) is 5.88 Å². The fourth-order valence-electron chi connectivity index (χ4n) is 1.82. The van der Waals surface area contributed by atoms with E-state index in [4.69, 9.17) is 22.7 Å². The van der Waals surface area contributed by atoms with Gasteiger partial charge in [-0.15, -0.1) is 0 Å². The van der Waals surface area contributed by atoms with E-state index in [1.54, 1.807) is 4.68 Å². The highest BCUT2D eigenvalue weighted by atomic mass is 32.1. The molecule has 2 N–H and O–H groups in total. The molecule has 0 unspecified atom stereocenters. The predicted molar refractivity (Wildman–Crippen MR) is 66.7 cm³/mol. The van der Waals surface area contributed by atoms with Crippen LogP contribution in [0.25, 0.3) is 0 Å². The lowest BCUT2D eigenvalue weighted by atomic mass is 10.2. The van der Waals surface area contributed by atoms with Crippen LogP contribution < -0.4 is 10.5 Å². The maximum atomic E-state index is 5.73. The summed E-state index contributed by atoms with van der Waals surface area (Å²) in [4.78, 5) is 0.354. The van der Waals surface area contributed by atoms with E-state index in [9.17, 15) is 0 Å². The highest BCUT2D eigenvalue weighted by Crippen LogP contribution is 2.32. The van der Waals surface area contributed by atoms with Crippen LogP contribution >= 0.6 is 12.2 Å². The first kappa shape index (κ1) is 11.4. The summed E-state index contributed by atoms with van der Waals surface area (Å²) in [5.74, 6) is 1.56. The van der Waals surface area contributed by atoms with Gasteiger partial charge in [0, 0.05) is 7.05 Å². The summed E-state index contributed by atoms with van der Waals surface area (Å²) < 4.78 is 7.44. The number of aromatic nitrogens is 2. The zero-order chi connectivity index (χ0) is 11.7. The lowest BCUT2D eigenvalue weighted by Crippen LogP contribution is -2.13. The van der Waals surface area contributed by atoms with Crippen molar-refractivity contribution in [3.8, 4) is 5.88 Å². The van der Waals surface area contributed by atoms with Gasteiger partial charge in [-0.05, 0) is 19.3 Å². The molecule has 88 valence electrons. The molecule has 1 aromatic heterocycles. The van der Waals surface area contributed by atoms with E-state index >= 15 is 0 Å². The summed E-state index contributed by atoms with van der Waals surface area (Å²) in [6, 6.07) is 0. The number of rotatable bonds is 5. The van der Waals surface area contributed by atoms with Crippen molar-refractivity contribution in [2.75, 3.05) is 6.61 Å². The second-order valence-electron chi connectivity index (χ2n) is 4.33. The molecule has 0 aliphatic heterocycles. The third-order valence-corrected chi connectivity index (χ3v) is 3.08. The fraction of sp³-hybridized carbons (Fsp3) is 0.636. The minimum absolute atomic E-state index is 0.354. The Balaban J connectivity index is 2.07. The largest absolute Gasteiger partial charge is 0.477 e. The zero-order valence-electron chi connectivity index (χ0n) is 9.69. The van der Waals surface area contributed by atoms with Crippen molar-refractivity contribution >= 4 is 17.2 Å². The van der Waals surface area contributed by atoms with Crippen LogP contribution in [-0.4, -0.2) is 21.4 Å². The molecule has 1 aromatic rings. The van der Waals surface area contributed by atoms with Crippen molar-refractivity contribution in [3.05, 3.63) is 11.3 Å². The minimum atomic E-state index is 0.354. The number of thiocarbonyl (C=S) groups is 1. The monoisotopic (exact) mass is 239 g/mol. The summed E-state index contributed by atoms with van der Waals surface area (Å²) in [5, 5.41) is 4.27. The molecule has 1 aliphatic carbocycles. The minimum Gasteiger partial charge on any atom is -0.477 e. The Kier molecular flexibility index (Phi) is 3.14. The Bertz CT molecular complexity index is 410. The topological polar surface area (TPSA) is 53.1 Å². The van der Waals surface area contributed by atoms with Crippen LogP contribution in [0.15, 0.2) is 0 Å². The number of nitrogens with zero attached hydrogens (tertiary/aromatic N) is 2. The van der Waals surface area contributed by atoms with E-state index in [0.29, 0.717) is 10.9 Å². The van der Waals surface area contributed by atoms with Gasteiger partial charge in [-0.3, -0.25) is 0 Å². The molecular weight excluding hydrogens is 222 g/mol. The molecule has 5 heteroatoms. The summed E-state index contributed by atoms with van der Waals surface area (Å²) in [6.45, 7) is 2.61. The van der Waals surface area contributed by atoms with E-state index in [1.807, 2.05) is 14.0 Å². The van der Waals surface area contributed by atoms with E-state index in [2.05, 4.69) is 5.10 Å². The van der Waals surface area contributed by atoms with Gasteiger partial charge in [-0.25, -0.2) is 4.68 Å². The molecule has 2 rings (SSSR count). The summed E-state index contributed by atoms with van der Waals surface area (Å²) >= 11 is 5.01. The van der Waals surface area contributed by atoms with Crippen molar-refractivity contribution in [3.63, 3.8) is 0 Å². The number of ether oxygens (including phenoxy) is 1. The molecule has 1 aliphatic rings. The van der Waals surface area contributed by atoms with Crippen LogP contribution in [0.1, 0.15) is 30.5 Å². The van der Waals surface area contributed by atoms with Gasteiger partial charge in [-0.2, -0.15) is 5.10 Å². The van der Waals surface area contributed by atoms with E-state index in [-0.39, 0.29) is 0 Å². The van der Waals surface area contributed by atoms with Crippen molar-refractivity contribution in [1.82, 2.24) is 9.78 Å².